The average Bonchev–Trinajstić information content (AvgIpc) is 2.51. The van der Waals surface area contributed by atoms with Gasteiger partial charge >= 0.3 is 0 Å². The third kappa shape index (κ3) is 6.12. The van der Waals surface area contributed by atoms with Crippen LogP contribution in [-0.4, -0.2) is 36.5 Å². The van der Waals surface area contributed by atoms with Crippen molar-refractivity contribution in [2.24, 2.45) is 5.73 Å². The molecule has 4 nitrogen and oxygen atoms in total. The average molecular weight is 381 g/mol. The fraction of sp³-hybridized carbons (Fsp3) is 0.562. The second kappa shape index (κ2) is 10.4. The van der Waals surface area contributed by atoms with Gasteiger partial charge in [-0.1, -0.05) is 41.8 Å². The van der Waals surface area contributed by atoms with Crippen molar-refractivity contribution in [2.75, 3.05) is 19.6 Å². The van der Waals surface area contributed by atoms with Crippen LogP contribution in [0.3, 0.4) is 0 Å². The number of carbonyl (C=O) groups is 1. The Morgan fingerprint density at radius 3 is 2.87 bits per heavy atom. The van der Waals surface area contributed by atoms with Crippen LogP contribution in [0.4, 0.5) is 0 Å². The van der Waals surface area contributed by atoms with Crippen molar-refractivity contribution in [2.45, 2.75) is 38.3 Å². The molecule has 130 valence electrons. The third-order valence-electron chi connectivity index (χ3n) is 4.06. The van der Waals surface area contributed by atoms with E-state index < -0.39 is 0 Å². The molecule has 1 heterocycles. The van der Waals surface area contributed by atoms with Gasteiger partial charge in [-0.25, -0.2) is 0 Å². The number of carbonyl (C=O) groups excluding carboxylic acids is 1. The summed E-state index contributed by atoms with van der Waals surface area (Å²) < 4.78 is 0. The lowest BCUT2D eigenvalue weighted by molar-refractivity contribution is -0.121. The molecule has 0 radical (unpaired) electrons. The number of nitrogens with two attached hydrogens (primary N) is 1. The summed E-state index contributed by atoms with van der Waals surface area (Å²) in [6.45, 7) is 2.83. The van der Waals surface area contributed by atoms with E-state index in [4.69, 9.17) is 28.9 Å². The molecular weight excluding hydrogens is 357 g/mol. The molecule has 1 aromatic carbocycles. The second-order valence-corrected chi connectivity index (χ2v) is 6.46. The molecule has 7 heteroatoms. The molecule has 0 spiro atoms. The molecule has 1 amide bonds. The zero-order valence-electron chi connectivity index (χ0n) is 13.1. The van der Waals surface area contributed by atoms with Gasteiger partial charge in [0.15, 0.2) is 0 Å². The van der Waals surface area contributed by atoms with E-state index in [-0.39, 0.29) is 18.3 Å². The molecule has 0 bridgehead atoms. The van der Waals surface area contributed by atoms with E-state index in [1.807, 2.05) is 12.1 Å². The van der Waals surface area contributed by atoms with Crippen molar-refractivity contribution >= 4 is 41.5 Å². The lowest BCUT2D eigenvalue weighted by Gasteiger charge is -2.36. The van der Waals surface area contributed by atoms with Gasteiger partial charge in [0.25, 0.3) is 0 Å². The monoisotopic (exact) mass is 379 g/mol. The van der Waals surface area contributed by atoms with Gasteiger partial charge in [0.05, 0.1) is 10.0 Å². The van der Waals surface area contributed by atoms with Gasteiger partial charge in [0, 0.05) is 32.1 Å². The summed E-state index contributed by atoms with van der Waals surface area (Å²) in [4.78, 5) is 14.0. The Labute approximate surface area is 154 Å². The van der Waals surface area contributed by atoms with Crippen molar-refractivity contribution in [3.05, 3.63) is 33.8 Å². The summed E-state index contributed by atoms with van der Waals surface area (Å²) >= 11 is 12.4. The molecule has 1 aromatic rings. The minimum absolute atomic E-state index is 0. The maximum absolute atomic E-state index is 11.6. The maximum atomic E-state index is 11.6. The van der Waals surface area contributed by atoms with Crippen LogP contribution in [-0.2, 0) is 11.3 Å². The van der Waals surface area contributed by atoms with Crippen LogP contribution in [0.15, 0.2) is 18.2 Å². The van der Waals surface area contributed by atoms with Crippen molar-refractivity contribution in [3.8, 4) is 0 Å². The van der Waals surface area contributed by atoms with Gasteiger partial charge in [0.2, 0.25) is 5.91 Å². The number of hydrogen-bond acceptors (Lipinski definition) is 3. The lowest BCUT2D eigenvalue weighted by atomic mass is 10.0. The summed E-state index contributed by atoms with van der Waals surface area (Å²) in [5, 5.41) is 4.19. The minimum Gasteiger partial charge on any atom is -0.354 e. The highest BCUT2D eigenvalue weighted by Crippen LogP contribution is 2.28. The van der Waals surface area contributed by atoms with Crippen molar-refractivity contribution in [3.63, 3.8) is 0 Å². The Kier molecular flexibility index (Phi) is 9.25. The molecule has 0 saturated carbocycles. The largest absolute Gasteiger partial charge is 0.354 e. The van der Waals surface area contributed by atoms with Crippen LogP contribution in [0.5, 0.6) is 0 Å². The molecule has 1 aliphatic rings. The first kappa shape index (κ1) is 20.5. The van der Waals surface area contributed by atoms with Gasteiger partial charge < -0.3 is 11.1 Å². The molecule has 2 rings (SSSR count). The fourth-order valence-electron chi connectivity index (χ4n) is 2.84. The van der Waals surface area contributed by atoms with Gasteiger partial charge in [0.1, 0.15) is 0 Å². The zero-order valence-corrected chi connectivity index (χ0v) is 15.4. The molecule has 1 atom stereocenters. The van der Waals surface area contributed by atoms with Crippen molar-refractivity contribution in [1.29, 1.82) is 0 Å². The first-order valence-electron chi connectivity index (χ1n) is 7.75. The molecule has 0 aliphatic carbocycles. The van der Waals surface area contributed by atoms with Crippen LogP contribution in [0.25, 0.3) is 0 Å². The van der Waals surface area contributed by atoms with E-state index in [0.717, 1.165) is 25.1 Å². The maximum Gasteiger partial charge on any atom is 0.221 e. The van der Waals surface area contributed by atoms with Gasteiger partial charge in [-0.3, -0.25) is 9.69 Å². The molecule has 3 N–H and O–H groups in total. The lowest BCUT2D eigenvalue weighted by Crippen LogP contribution is -2.46. The molecule has 1 unspecified atom stereocenters. The summed E-state index contributed by atoms with van der Waals surface area (Å²) in [6.07, 6.45) is 3.83. The number of rotatable bonds is 6. The highest BCUT2D eigenvalue weighted by atomic mass is 35.5. The van der Waals surface area contributed by atoms with Crippen LogP contribution < -0.4 is 11.1 Å². The minimum atomic E-state index is 0. The van der Waals surface area contributed by atoms with Crippen molar-refractivity contribution < 1.29 is 4.79 Å². The quantitative estimate of drug-likeness (QED) is 0.796. The second-order valence-electron chi connectivity index (χ2n) is 5.68. The first-order valence-corrected chi connectivity index (χ1v) is 8.51. The number of nitrogens with zero attached hydrogens (tertiary/aromatic N) is 1. The Bertz CT molecular complexity index is 513. The highest BCUT2D eigenvalue weighted by Gasteiger charge is 2.23. The summed E-state index contributed by atoms with van der Waals surface area (Å²) in [5.74, 6) is 0.0220. The Balaban J connectivity index is 0.00000264. The van der Waals surface area contributed by atoms with Gasteiger partial charge in [-0.15, -0.1) is 12.4 Å². The molecule has 1 saturated heterocycles. The number of piperidine rings is 1. The SMILES string of the molecule is Cl.NCCC(=O)NCC1CCCCN1Cc1cccc(Cl)c1Cl. The molecule has 23 heavy (non-hydrogen) atoms. The zero-order chi connectivity index (χ0) is 15.9. The normalized spacial score (nSPS) is 18.3. The van der Waals surface area contributed by atoms with E-state index in [9.17, 15) is 4.79 Å². The molecular formula is C16H24Cl3N3O. The van der Waals surface area contributed by atoms with E-state index in [0.29, 0.717) is 35.6 Å². The number of hydrogen-bond donors (Lipinski definition) is 2. The summed E-state index contributed by atoms with van der Waals surface area (Å²) in [6, 6.07) is 6.07. The number of amides is 1. The number of likely N-dealkylation sites (tertiary alicyclic amines) is 1. The smallest absolute Gasteiger partial charge is 0.221 e. The Hall–Kier alpha value is -0.520. The van der Waals surface area contributed by atoms with Crippen LogP contribution in [0.1, 0.15) is 31.2 Å². The van der Waals surface area contributed by atoms with E-state index in [1.54, 1.807) is 6.07 Å². The van der Waals surface area contributed by atoms with E-state index in [1.165, 1.54) is 12.8 Å². The topological polar surface area (TPSA) is 58.4 Å². The molecule has 1 aliphatic heterocycles. The van der Waals surface area contributed by atoms with Crippen LogP contribution in [0, 0.1) is 0 Å². The van der Waals surface area contributed by atoms with Gasteiger partial charge in [-0.05, 0) is 31.0 Å². The first-order chi connectivity index (χ1) is 10.6. The number of benzene rings is 1. The molecule has 0 aromatic heterocycles. The molecule has 1 fully saturated rings. The summed E-state index contributed by atoms with van der Waals surface area (Å²) in [5.41, 5.74) is 6.44. The van der Waals surface area contributed by atoms with E-state index >= 15 is 0 Å². The Morgan fingerprint density at radius 1 is 1.35 bits per heavy atom. The standard InChI is InChI=1S/C16H23Cl2N3O.ClH/c17-14-6-3-4-12(16(14)18)11-21-9-2-1-5-13(21)10-20-15(22)7-8-19;/h3-4,6,13H,1-2,5,7-11,19H2,(H,20,22);1H. The number of nitrogens with one attached hydrogen (secondary N) is 1. The predicted molar refractivity (Wildman–Crippen MR) is 98.4 cm³/mol. The van der Waals surface area contributed by atoms with Gasteiger partial charge in [-0.2, -0.15) is 0 Å². The van der Waals surface area contributed by atoms with Crippen molar-refractivity contribution in [1.82, 2.24) is 10.2 Å². The van der Waals surface area contributed by atoms with Crippen LogP contribution in [0.2, 0.25) is 10.0 Å². The highest BCUT2D eigenvalue weighted by molar-refractivity contribution is 6.42. The van der Waals surface area contributed by atoms with E-state index in [2.05, 4.69) is 10.2 Å². The third-order valence-corrected chi connectivity index (χ3v) is 4.92. The fourth-order valence-corrected chi connectivity index (χ4v) is 3.22. The number of halogens is 3. The summed E-state index contributed by atoms with van der Waals surface area (Å²) in [7, 11) is 0. The predicted octanol–water partition coefficient (Wildman–Crippen LogP) is 3.23. The Morgan fingerprint density at radius 2 is 2.13 bits per heavy atom. The van der Waals surface area contributed by atoms with Crippen LogP contribution >= 0.6 is 35.6 Å².